The molecule has 1 aliphatic carbocycles. The maximum atomic E-state index is 12.9. The van der Waals surface area contributed by atoms with Crippen LogP contribution in [0.15, 0.2) is 29.4 Å². The molecule has 1 saturated carbocycles. The van der Waals surface area contributed by atoms with E-state index in [1.54, 1.807) is 0 Å². The van der Waals surface area contributed by atoms with Crippen molar-refractivity contribution in [1.82, 2.24) is 14.8 Å². The smallest absolute Gasteiger partial charge is 0.316 e. The number of thioether (sulfide) groups is 1. The summed E-state index contributed by atoms with van der Waals surface area (Å²) in [6, 6.07) is 8.42. The molecule has 212 valence electrons. The summed E-state index contributed by atoms with van der Waals surface area (Å²) in [5.41, 5.74) is 1.28. The zero-order chi connectivity index (χ0) is 27.7. The summed E-state index contributed by atoms with van der Waals surface area (Å²) >= 11 is 1.43. The number of ether oxygens (including phenoxy) is 2. The topological polar surface area (TPSA) is 66.2 Å². The average Bonchev–Trinajstić information content (AvgIpc) is 3.29. The Morgan fingerprint density at radius 2 is 1.82 bits per heavy atom. The van der Waals surface area contributed by atoms with Crippen molar-refractivity contribution >= 4 is 17.7 Å². The van der Waals surface area contributed by atoms with Crippen LogP contribution < -0.4 is 4.74 Å². The van der Waals surface area contributed by atoms with E-state index in [4.69, 9.17) is 9.47 Å². The third-order valence-electron chi connectivity index (χ3n) is 7.84. The Hall–Kier alpha value is -2.02. The van der Waals surface area contributed by atoms with Gasteiger partial charge in [-0.25, -0.2) is 0 Å². The summed E-state index contributed by atoms with van der Waals surface area (Å²) in [4.78, 5) is 12.9. The Balaban J connectivity index is 1.67. The van der Waals surface area contributed by atoms with Crippen molar-refractivity contribution in [3.05, 3.63) is 35.7 Å². The van der Waals surface area contributed by atoms with Gasteiger partial charge in [-0.05, 0) is 74.0 Å². The molecule has 7 heteroatoms. The highest BCUT2D eigenvalue weighted by atomic mass is 32.2. The van der Waals surface area contributed by atoms with Crippen molar-refractivity contribution in [3.8, 4) is 5.75 Å². The minimum atomic E-state index is -0.157. The highest BCUT2D eigenvalue weighted by Crippen LogP contribution is 2.36. The van der Waals surface area contributed by atoms with Gasteiger partial charge in [-0.2, -0.15) is 0 Å². The van der Waals surface area contributed by atoms with Crippen LogP contribution >= 0.6 is 11.8 Å². The predicted octanol–water partition coefficient (Wildman–Crippen LogP) is 7.90. The number of esters is 1. The van der Waals surface area contributed by atoms with Crippen LogP contribution in [0, 0.1) is 23.7 Å². The monoisotopic (exact) mass is 543 g/mol. The van der Waals surface area contributed by atoms with Gasteiger partial charge in [0, 0.05) is 6.04 Å². The van der Waals surface area contributed by atoms with Crippen molar-refractivity contribution in [1.29, 1.82) is 0 Å². The first kappa shape index (κ1) is 30.5. The molecular weight excluding hydrogens is 494 g/mol. The predicted molar refractivity (Wildman–Crippen MR) is 156 cm³/mol. The lowest BCUT2D eigenvalue weighted by molar-refractivity contribution is -0.152. The Labute approximate surface area is 234 Å². The van der Waals surface area contributed by atoms with E-state index in [2.05, 4.69) is 75.4 Å². The number of carbonyl (C=O) groups is 1. The lowest BCUT2D eigenvalue weighted by Gasteiger charge is -2.36. The van der Waals surface area contributed by atoms with Crippen LogP contribution in [0.2, 0.25) is 0 Å². The molecule has 1 aliphatic rings. The van der Waals surface area contributed by atoms with Crippen LogP contribution in [0.1, 0.15) is 104 Å². The van der Waals surface area contributed by atoms with Crippen LogP contribution in [0.25, 0.3) is 0 Å². The lowest BCUT2D eigenvalue weighted by atomic mass is 9.75. The fourth-order valence-electron chi connectivity index (χ4n) is 5.44. The van der Waals surface area contributed by atoms with Gasteiger partial charge in [-0.15, -0.1) is 10.2 Å². The molecule has 0 radical (unpaired) electrons. The Morgan fingerprint density at radius 1 is 1.08 bits per heavy atom. The van der Waals surface area contributed by atoms with Crippen molar-refractivity contribution in [3.63, 3.8) is 0 Å². The number of hydrogen-bond donors (Lipinski definition) is 0. The zero-order valence-electron chi connectivity index (χ0n) is 24.6. The van der Waals surface area contributed by atoms with Crippen molar-refractivity contribution < 1.29 is 14.3 Å². The van der Waals surface area contributed by atoms with Gasteiger partial charge in [0.15, 0.2) is 11.0 Å². The van der Waals surface area contributed by atoms with Gasteiger partial charge >= 0.3 is 5.97 Å². The molecule has 0 aliphatic heterocycles. The molecule has 0 bridgehead atoms. The molecule has 0 spiro atoms. The highest BCUT2D eigenvalue weighted by molar-refractivity contribution is 7.99. The Morgan fingerprint density at radius 3 is 2.47 bits per heavy atom. The normalized spacial score (nSPS) is 20.6. The van der Waals surface area contributed by atoms with Gasteiger partial charge < -0.3 is 14.0 Å². The molecular formula is C31H49N3O3S. The second-order valence-electron chi connectivity index (χ2n) is 11.9. The summed E-state index contributed by atoms with van der Waals surface area (Å²) < 4.78 is 14.3. The first-order chi connectivity index (χ1) is 18.2. The summed E-state index contributed by atoms with van der Waals surface area (Å²) in [6.07, 6.45) is 7.69. The van der Waals surface area contributed by atoms with E-state index in [0.717, 1.165) is 48.8 Å². The molecule has 1 heterocycles. The van der Waals surface area contributed by atoms with E-state index in [0.29, 0.717) is 30.3 Å². The number of carbonyl (C=O) groups excluding carboxylic acids is 1. The number of nitrogens with zero attached hydrogens (tertiary/aromatic N) is 3. The third kappa shape index (κ3) is 9.03. The second kappa shape index (κ2) is 14.9. The summed E-state index contributed by atoms with van der Waals surface area (Å²) in [7, 11) is 0. The molecule has 1 fully saturated rings. The average molecular weight is 544 g/mol. The molecule has 0 amide bonds. The Bertz CT molecular complexity index is 989. The summed E-state index contributed by atoms with van der Waals surface area (Å²) in [6.45, 7) is 16.0. The SMILES string of the molecule is CCc1ccc(OCc2nnc(SCC(=O)OC3CC(C)CCC3C(C)C)n2C(C)CCCC(C)C)cc1. The van der Waals surface area contributed by atoms with Gasteiger partial charge in [-0.3, -0.25) is 4.79 Å². The Kier molecular flexibility index (Phi) is 12.0. The maximum absolute atomic E-state index is 12.9. The van der Waals surface area contributed by atoms with Crippen LogP contribution in [-0.2, 0) is 22.6 Å². The molecule has 2 aromatic rings. The highest BCUT2D eigenvalue weighted by Gasteiger charge is 2.33. The zero-order valence-corrected chi connectivity index (χ0v) is 25.4. The molecule has 3 rings (SSSR count). The molecule has 6 nitrogen and oxygen atoms in total. The molecule has 38 heavy (non-hydrogen) atoms. The van der Waals surface area contributed by atoms with Crippen molar-refractivity contribution in [2.24, 2.45) is 23.7 Å². The van der Waals surface area contributed by atoms with Crippen LogP contribution in [0.5, 0.6) is 5.75 Å². The fourth-order valence-corrected chi connectivity index (χ4v) is 6.28. The summed E-state index contributed by atoms with van der Waals surface area (Å²) in [5.74, 6) is 3.94. The van der Waals surface area contributed by atoms with Gasteiger partial charge in [-0.1, -0.05) is 84.7 Å². The molecule has 0 N–H and O–H groups in total. The minimum Gasteiger partial charge on any atom is -0.486 e. The summed E-state index contributed by atoms with van der Waals surface area (Å²) in [5, 5.41) is 9.73. The second-order valence-corrected chi connectivity index (χ2v) is 12.8. The van der Waals surface area contributed by atoms with Gasteiger partial charge in [0.25, 0.3) is 0 Å². The first-order valence-corrected chi connectivity index (χ1v) is 15.6. The van der Waals surface area contributed by atoms with E-state index < -0.39 is 0 Å². The first-order valence-electron chi connectivity index (χ1n) is 14.7. The van der Waals surface area contributed by atoms with Gasteiger partial charge in [0.2, 0.25) is 0 Å². The largest absolute Gasteiger partial charge is 0.486 e. The number of aryl methyl sites for hydroxylation is 1. The van der Waals surface area contributed by atoms with Crippen LogP contribution in [0.3, 0.4) is 0 Å². The van der Waals surface area contributed by atoms with Crippen molar-refractivity contribution in [2.75, 3.05) is 5.75 Å². The van der Waals surface area contributed by atoms with Crippen LogP contribution in [-0.4, -0.2) is 32.6 Å². The number of benzene rings is 1. The maximum Gasteiger partial charge on any atom is 0.316 e. The molecule has 4 unspecified atom stereocenters. The number of hydrogen-bond acceptors (Lipinski definition) is 6. The number of aromatic nitrogens is 3. The van der Waals surface area contributed by atoms with E-state index in [1.807, 2.05) is 12.1 Å². The molecule has 1 aromatic heterocycles. The number of rotatable bonds is 14. The standard InChI is InChI=1S/C31H49N3O3S/c1-8-25-13-15-26(16-14-25)36-19-29-32-33-31(34(29)24(7)11-9-10-21(2)3)38-20-30(35)37-28-18-23(6)12-17-27(28)22(4)5/h13-16,21-24,27-28H,8-12,17-20H2,1-7H3. The molecule has 1 aromatic carbocycles. The van der Waals surface area contributed by atoms with E-state index >= 15 is 0 Å². The minimum absolute atomic E-state index is 0.0164. The third-order valence-corrected chi connectivity index (χ3v) is 8.76. The lowest BCUT2D eigenvalue weighted by Crippen LogP contribution is -2.36. The quantitative estimate of drug-likeness (QED) is 0.178. The van der Waals surface area contributed by atoms with E-state index in [-0.39, 0.29) is 23.9 Å². The van der Waals surface area contributed by atoms with E-state index in [9.17, 15) is 4.79 Å². The van der Waals surface area contributed by atoms with Gasteiger partial charge in [0.05, 0.1) is 5.75 Å². The fraction of sp³-hybridized carbons (Fsp3) is 0.710. The molecule has 4 atom stereocenters. The van der Waals surface area contributed by atoms with Crippen molar-refractivity contribution in [2.45, 2.75) is 117 Å². The van der Waals surface area contributed by atoms with E-state index in [1.165, 1.54) is 30.2 Å². The van der Waals surface area contributed by atoms with Gasteiger partial charge in [0.1, 0.15) is 18.5 Å². The van der Waals surface area contributed by atoms with Crippen LogP contribution in [0.4, 0.5) is 0 Å². The molecule has 0 saturated heterocycles.